The Kier molecular flexibility index (Phi) is 5.46. The summed E-state index contributed by atoms with van der Waals surface area (Å²) in [5.74, 6) is -0.389. The van der Waals surface area contributed by atoms with E-state index in [0.29, 0.717) is 33.4 Å². The summed E-state index contributed by atoms with van der Waals surface area (Å²) >= 11 is 5.81. The van der Waals surface area contributed by atoms with Gasteiger partial charge in [-0.05, 0) is 44.2 Å². The fourth-order valence-electron chi connectivity index (χ4n) is 2.50. The number of carbonyl (C=O) groups is 1. The lowest BCUT2D eigenvalue weighted by Crippen LogP contribution is -2.19. The van der Waals surface area contributed by atoms with Crippen LogP contribution in [0.4, 0.5) is 5.69 Å². The predicted molar refractivity (Wildman–Crippen MR) is 104 cm³/mol. The number of rotatable bonds is 5. The van der Waals surface area contributed by atoms with Crippen molar-refractivity contribution in [3.63, 3.8) is 0 Å². The SMILES string of the molecule is C/C(=N/NC(=O)c1ccc(Cl)cc1)c1nnn(-c2cccc([N+](=O)[O-])c2)c1C. The molecule has 0 saturated carbocycles. The average Bonchev–Trinajstić information content (AvgIpc) is 3.08. The number of halogens is 1. The van der Waals surface area contributed by atoms with Gasteiger partial charge in [0.25, 0.3) is 11.6 Å². The van der Waals surface area contributed by atoms with Gasteiger partial charge in [0.15, 0.2) is 0 Å². The highest BCUT2D eigenvalue weighted by molar-refractivity contribution is 6.30. The largest absolute Gasteiger partial charge is 0.271 e. The van der Waals surface area contributed by atoms with Gasteiger partial charge in [0.1, 0.15) is 5.69 Å². The van der Waals surface area contributed by atoms with E-state index in [2.05, 4.69) is 20.8 Å². The molecule has 0 fully saturated rings. The molecule has 9 nitrogen and oxygen atoms in total. The Morgan fingerprint density at radius 3 is 2.64 bits per heavy atom. The topological polar surface area (TPSA) is 115 Å². The normalized spacial score (nSPS) is 11.3. The van der Waals surface area contributed by atoms with E-state index in [1.165, 1.54) is 16.8 Å². The summed E-state index contributed by atoms with van der Waals surface area (Å²) in [6.45, 7) is 3.44. The van der Waals surface area contributed by atoms with E-state index < -0.39 is 4.92 Å². The second-order valence-electron chi connectivity index (χ2n) is 5.86. The molecular formula is C18H15ClN6O3. The maximum Gasteiger partial charge on any atom is 0.271 e. The second kappa shape index (κ2) is 7.97. The lowest BCUT2D eigenvalue weighted by atomic mass is 10.2. The monoisotopic (exact) mass is 398 g/mol. The molecule has 0 aliphatic heterocycles. The van der Waals surface area contributed by atoms with Crippen molar-refractivity contribution >= 4 is 28.9 Å². The number of aromatic nitrogens is 3. The van der Waals surface area contributed by atoms with Gasteiger partial charge in [-0.3, -0.25) is 14.9 Å². The van der Waals surface area contributed by atoms with Crippen molar-refractivity contribution in [2.75, 3.05) is 0 Å². The zero-order chi connectivity index (χ0) is 20.3. The fraction of sp³-hybridized carbons (Fsp3) is 0.111. The molecule has 3 rings (SSSR count). The van der Waals surface area contributed by atoms with E-state index in [0.717, 1.165) is 0 Å². The third-order valence-corrected chi connectivity index (χ3v) is 4.21. The maximum atomic E-state index is 12.1. The van der Waals surface area contributed by atoms with Crippen LogP contribution in [0, 0.1) is 17.0 Å². The highest BCUT2D eigenvalue weighted by Crippen LogP contribution is 2.18. The smallest absolute Gasteiger partial charge is 0.267 e. The summed E-state index contributed by atoms with van der Waals surface area (Å²) < 4.78 is 1.47. The van der Waals surface area contributed by atoms with Crippen LogP contribution in [-0.4, -0.2) is 31.5 Å². The average molecular weight is 399 g/mol. The van der Waals surface area contributed by atoms with E-state index in [1.54, 1.807) is 50.2 Å². The van der Waals surface area contributed by atoms with Crippen LogP contribution >= 0.6 is 11.6 Å². The summed E-state index contributed by atoms with van der Waals surface area (Å²) in [4.78, 5) is 22.6. The Morgan fingerprint density at radius 1 is 1.25 bits per heavy atom. The van der Waals surface area contributed by atoms with Crippen LogP contribution in [0.5, 0.6) is 0 Å². The lowest BCUT2D eigenvalue weighted by Gasteiger charge is -2.04. The zero-order valence-corrected chi connectivity index (χ0v) is 15.7. The number of amides is 1. The molecule has 0 saturated heterocycles. The molecule has 3 aromatic rings. The number of non-ortho nitro benzene ring substituents is 1. The summed E-state index contributed by atoms with van der Waals surface area (Å²) in [5, 5.41) is 23.7. The van der Waals surface area contributed by atoms with Gasteiger partial charge in [0.05, 0.1) is 22.0 Å². The van der Waals surface area contributed by atoms with Crippen LogP contribution in [0.25, 0.3) is 5.69 Å². The predicted octanol–water partition coefficient (Wildman–Crippen LogP) is 3.29. The van der Waals surface area contributed by atoms with Crippen LogP contribution < -0.4 is 5.43 Å². The highest BCUT2D eigenvalue weighted by Gasteiger charge is 2.15. The summed E-state index contributed by atoms with van der Waals surface area (Å²) in [7, 11) is 0. The Bertz CT molecular complexity index is 1080. The van der Waals surface area contributed by atoms with E-state index in [1.807, 2.05) is 0 Å². The molecule has 0 radical (unpaired) electrons. The molecule has 1 amide bonds. The van der Waals surface area contributed by atoms with Crippen molar-refractivity contribution in [1.82, 2.24) is 20.4 Å². The van der Waals surface area contributed by atoms with Crippen LogP contribution in [-0.2, 0) is 0 Å². The maximum absolute atomic E-state index is 12.1. The fourth-order valence-corrected chi connectivity index (χ4v) is 2.63. The molecule has 0 bridgehead atoms. The first-order chi connectivity index (χ1) is 13.4. The number of hydrazone groups is 1. The van der Waals surface area contributed by atoms with Crippen molar-refractivity contribution in [3.05, 3.63) is 80.6 Å². The molecule has 0 atom stereocenters. The molecule has 1 aromatic heterocycles. The van der Waals surface area contributed by atoms with Crippen molar-refractivity contribution in [1.29, 1.82) is 0 Å². The quantitative estimate of drug-likeness (QED) is 0.402. The van der Waals surface area contributed by atoms with Crippen LogP contribution in [0.2, 0.25) is 5.02 Å². The Hall–Kier alpha value is -3.59. The van der Waals surface area contributed by atoms with Crippen LogP contribution in [0.3, 0.4) is 0 Å². The summed E-state index contributed by atoms with van der Waals surface area (Å²) in [6, 6.07) is 12.5. The van der Waals surface area contributed by atoms with Gasteiger partial charge in [0.2, 0.25) is 0 Å². The summed E-state index contributed by atoms with van der Waals surface area (Å²) in [6.07, 6.45) is 0. The first kappa shape index (κ1) is 19.2. The number of nitrogens with one attached hydrogen (secondary N) is 1. The Balaban J connectivity index is 1.81. The first-order valence-electron chi connectivity index (χ1n) is 8.14. The Labute approximate surface area is 164 Å². The third-order valence-electron chi connectivity index (χ3n) is 3.95. The first-order valence-corrected chi connectivity index (χ1v) is 8.52. The zero-order valence-electron chi connectivity index (χ0n) is 15.0. The highest BCUT2D eigenvalue weighted by atomic mass is 35.5. The van der Waals surface area contributed by atoms with Crippen LogP contribution in [0.1, 0.15) is 28.7 Å². The minimum atomic E-state index is -0.477. The molecule has 0 spiro atoms. The van der Waals surface area contributed by atoms with Gasteiger partial charge in [0, 0.05) is 22.7 Å². The number of carbonyl (C=O) groups excluding carboxylic acids is 1. The van der Waals surface area contributed by atoms with Gasteiger partial charge in [-0.2, -0.15) is 5.10 Å². The molecule has 0 aliphatic carbocycles. The minimum absolute atomic E-state index is 0.0467. The molecule has 142 valence electrons. The Morgan fingerprint density at radius 2 is 1.96 bits per heavy atom. The van der Waals surface area contributed by atoms with Crippen molar-refractivity contribution < 1.29 is 9.72 Å². The van der Waals surface area contributed by atoms with Crippen LogP contribution in [0.15, 0.2) is 53.6 Å². The van der Waals surface area contributed by atoms with E-state index >= 15 is 0 Å². The third kappa shape index (κ3) is 4.04. The molecule has 0 aliphatic rings. The molecule has 0 unspecified atom stereocenters. The number of benzene rings is 2. The van der Waals surface area contributed by atoms with Crippen molar-refractivity contribution in [2.24, 2.45) is 5.10 Å². The molecule has 28 heavy (non-hydrogen) atoms. The molecule has 1 N–H and O–H groups in total. The number of nitro groups is 1. The molecule has 1 heterocycles. The molecular weight excluding hydrogens is 384 g/mol. The van der Waals surface area contributed by atoms with Gasteiger partial charge in [-0.1, -0.05) is 22.9 Å². The van der Waals surface area contributed by atoms with E-state index in [4.69, 9.17) is 11.6 Å². The molecule has 2 aromatic carbocycles. The van der Waals surface area contributed by atoms with Gasteiger partial charge in [-0.15, -0.1) is 5.10 Å². The number of hydrogen-bond donors (Lipinski definition) is 1. The lowest BCUT2D eigenvalue weighted by molar-refractivity contribution is -0.384. The number of nitro benzene ring substituents is 1. The van der Waals surface area contributed by atoms with Gasteiger partial charge < -0.3 is 0 Å². The van der Waals surface area contributed by atoms with E-state index in [9.17, 15) is 14.9 Å². The van der Waals surface area contributed by atoms with Crippen molar-refractivity contribution in [3.8, 4) is 5.69 Å². The van der Waals surface area contributed by atoms with Gasteiger partial charge in [-0.25, -0.2) is 10.1 Å². The van der Waals surface area contributed by atoms with E-state index in [-0.39, 0.29) is 11.6 Å². The molecule has 10 heteroatoms. The number of nitrogens with zero attached hydrogens (tertiary/aromatic N) is 5. The standard InChI is InChI=1S/C18H15ClN6O3/c1-11(20-22-18(26)13-6-8-14(19)9-7-13)17-12(2)24(23-21-17)15-4-3-5-16(10-15)25(27)28/h3-10H,1-2H3,(H,22,26)/b20-11-. The summed E-state index contributed by atoms with van der Waals surface area (Å²) in [5.41, 5.74) is 4.86. The van der Waals surface area contributed by atoms with Gasteiger partial charge >= 0.3 is 0 Å². The minimum Gasteiger partial charge on any atom is -0.267 e. The van der Waals surface area contributed by atoms with Crippen molar-refractivity contribution in [2.45, 2.75) is 13.8 Å². The second-order valence-corrected chi connectivity index (χ2v) is 6.29. The number of hydrogen-bond acceptors (Lipinski definition) is 6.